The highest BCUT2D eigenvalue weighted by molar-refractivity contribution is 7.99. The molecule has 1 aromatic rings. The molecule has 2 N–H and O–H groups in total. The van der Waals surface area contributed by atoms with Crippen LogP contribution in [0.25, 0.3) is 0 Å². The summed E-state index contributed by atoms with van der Waals surface area (Å²) in [5, 5.41) is 9.43. The number of rotatable bonds is 4. The average Bonchev–Trinajstić information content (AvgIpc) is 2.47. The van der Waals surface area contributed by atoms with E-state index in [0.717, 1.165) is 35.0 Å². The maximum atomic E-state index is 9.43. The summed E-state index contributed by atoms with van der Waals surface area (Å²) in [4.78, 5) is 3.26. The van der Waals surface area contributed by atoms with Crippen LogP contribution in [0.4, 0.5) is 5.69 Å². The van der Waals surface area contributed by atoms with Crippen LogP contribution in [-0.4, -0.2) is 38.1 Å². The molecule has 0 saturated carbocycles. The highest BCUT2D eigenvalue weighted by Crippen LogP contribution is 2.31. The van der Waals surface area contributed by atoms with E-state index in [0.29, 0.717) is 13.2 Å². The largest absolute Gasteiger partial charge is 0.373 e. The fourth-order valence-electron chi connectivity index (χ4n) is 2.25. The highest BCUT2D eigenvalue weighted by atomic mass is 32.2. The predicted octanol–water partition coefficient (Wildman–Crippen LogP) is 1.83. The Morgan fingerprint density at radius 3 is 3.11 bits per heavy atom. The number of ether oxygens (including phenoxy) is 1. The van der Waals surface area contributed by atoms with Crippen molar-refractivity contribution in [2.24, 2.45) is 5.73 Å². The Bertz CT molecular complexity index is 472. The molecule has 2 rings (SSSR count). The van der Waals surface area contributed by atoms with Gasteiger partial charge in [-0.3, -0.25) is 0 Å². The van der Waals surface area contributed by atoms with Crippen LogP contribution in [0.2, 0.25) is 0 Å². The van der Waals surface area contributed by atoms with Crippen molar-refractivity contribution in [3.63, 3.8) is 0 Å². The van der Waals surface area contributed by atoms with Gasteiger partial charge in [-0.15, -0.1) is 11.8 Å². The van der Waals surface area contributed by atoms with Gasteiger partial charge in [0.2, 0.25) is 0 Å². The summed E-state index contributed by atoms with van der Waals surface area (Å²) in [7, 11) is 0. The molecule has 0 spiro atoms. The molecule has 1 fully saturated rings. The summed E-state index contributed by atoms with van der Waals surface area (Å²) in [6.45, 7) is 4.84. The Kier molecular flexibility index (Phi) is 5.08. The number of nitrogens with two attached hydrogens (primary N) is 1. The molecule has 0 bridgehead atoms. The summed E-state index contributed by atoms with van der Waals surface area (Å²) >= 11 is 1.71. The first-order valence-electron chi connectivity index (χ1n) is 6.52. The maximum Gasteiger partial charge on any atom is 0.103 e. The Labute approximate surface area is 118 Å². The normalized spacial score (nSPS) is 19.2. The molecule has 1 unspecified atom stereocenters. The first kappa shape index (κ1) is 14.2. The minimum Gasteiger partial charge on any atom is -0.373 e. The van der Waals surface area contributed by atoms with Crippen molar-refractivity contribution in [3.05, 3.63) is 23.8 Å². The van der Waals surface area contributed by atoms with E-state index in [9.17, 15) is 5.26 Å². The number of hydrogen-bond acceptors (Lipinski definition) is 5. The highest BCUT2D eigenvalue weighted by Gasteiger charge is 2.22. The SMILES string of the molecule is CCSc1cccc(N2CCOC(CN)C2)c1C#N. The van der Waals surface area contributed by atoms with Gasteiger partial charge in [-0.1, -0.05) is 13.0 Å². The summed E-state index contributed by atoms with van der Waals surface area (Å²) in [6.07, 6.45) is 0.0581. The van der Waals surface area contributed by atoms with E-state index in [-0.39, 0.29) is 6.10 Å². The zero-order valence-corrected chi connectivity index (χ0v) is 11.9. The van der Waals surface area contributed by atoms with Gasteiger partial charge in [-0.05, 0) is 17.9 Å². The molecule has 1 heterocycles. The molecule has 1 aliphatic rings. The average molecular weight is 277 g/mol. The second-order valence-corrected chi connectivity index (χ2v) is 5.68. The first-order chi connectivity index (χ1) is 9.30. The van der Waals surface area contributed by atoms with Crippen LogP contribution in [-0.2, 0) is 4.74 Å². The Hall–Kier alpha value is -1.22. The van der Waals surface area contributed by atoms with Gasteiger partial charge in [0.15, 0.2) is 0 Å². The van der Waals surface area contributed by atoms with Crippen molar-refractivity contribution in [3.8, 4) is 6.07 Å². The van der Waals surface area contributed by atoms with Crippen molar-refractivity contribution in [1.82, 2.24) is 0 Å². The molecule has 0 aliphatic carbocycles. The number of morpholine rings is 1. The molecule has 5 heteroatoms. The third kappa shape index (κ3) is 3.21. The van der Waals surface area contributed by atoms with Crippen molar-refractivity contribution < 1.29 is 4.74 Å². The van der Waals surface area contributed by atoms with Gasteiger partial charge in [0.25, 0.3) is 0 Å². The molecule has 102 valence electrons. The van der Waals surface area contributed by atoms with Crippen LogP contribution >= 0.6 is 11.8 Å². The molecule has 0 amide bonds. The van der Waals surface area contributed by atoms with E-state index in [1.807, 2.05) is 18.2 Å². The van der Waals surface area contributed by atoms with E-state index >= 15 is 0 Å². The lowest BCUT2D eigenvalue weighted by atomic mass is 10.1. The third-order valence-corrected chi connectivity index (χ3v) is 4.10. The van der Waals surface area contributed by atoms with Crippen LogP contribution in [0.15, 0.2) is 23.1 Å². The van der Waals surface area contributed by atoms with Gasteiger partial charge in [0, 0.05) is 24.5 Å². The van der Waals surface area contributed by atoms with Crippen LogP contribution in [0, 0.1) is 11.3 Å². The summed E-state index contributed by atoms with van der Waals surface area (Å²) in [6, 6.07) is 8.38. The minimum atomic E-state index is 0.0581. The summed E-state index contributed by atoms with van der Waals surface area (Å²) < 4.78 is 5.58. The number of anilines is 1. The summed E-state index contributed by atoms with van der Waals surface area (Å²) in [5.74, 6) is 0.965. The minimum absolute atomic E-state index is 0.0581. The van der Waals surface area contributed by atoms with Crippen LogP contribution in [0.1, 0.15) is 12.5 Å². The fraction of sp³-hybridized carbons (Fsp3) is 0.500. The molecule has 1 aromatic carbocycles. The number of benzene rings is 1. The van der Waals surface area contributed by atoms with Gasteiger partial charge in [0.1, 0.15) is 6.07 Å². The molecule has 4 nitrogen and oxygen atoms in total. The van der Waals surface area contributed by atoms with Gasteiger partial charge >= 0.3 is 0 Å². The number of nitrogens with zero attached hydrogens (tertiary/aromatic N) is 2. The van der Waals surface area contributed by atoms with E-state index in [2.05, 4.69) is 17.9 Å². The van der Waals surface area contributed by atoms with Gasteiger partial charge in [-0.2, -0.15) is 5.26 Å². The Morgan fingerprint density at radius 1 is 1.58 bits per heavy atom. The standard InChI is InChI=1S/C14H19N3OS/c1-2-19-14-5-3-4-13(12(14)9-16)17-6-7-18-11(8-15)10-17/h3-5,11H,2,6-8,10,15H2,1H3. The Balaban J connectivity index is 2.28. The number of hydrogen-bond donors (Lipinski definition) is 1. The monoisotopic (exact) mass is 277 g/mol. The quantitative estimate of drug-likeness (QED) is 0.851. The second kappa shape index (κ2) is 6.80. The second-order valence-electron chi connectivity index (χ2n) is 4.37. The fourth-order valence-corrected chi connectivity index (χ4v) is 3.03. The number of nitriles is 1. The molecule has 0 aromatic heterocycles. The summed E-state index contributed by atoms with van der Waals surface area (Å²) in [5.41, 5.74) is 7.44. The van der Waals surface area contributed by atoms with Crippen molar-refractivity contribution in [2.75, 3.05) is 36.9 Å². The third-order valence-electron chi connectivity index (χ3n) is 3.16. The van der Waals surface area contributed by atoms with Crippen molar-refractivity contribution in [1.29, 1.82) is 5.26 Å². The van der Waals surface area contributed by atoms with E-state index in [1.54, 1.807) is 11.8 Å². The number of thioether (sulfide) groups is 1. The first-order valence-corrected chi connectivity index (χ1v) is 7.51. The van der Waals surface area contributed by atoms with Gasteiger partial charge in [0.05, 0.1) is 24.0 Å². The zero-order chi connectivity index (χ0) is 13.7. The molecule has 1 atom stereocenters. The van der Waals surface area contributed by atoms with Crippen LogP contribution in [0.3, 0.4) is 0 Å². The predicted molar refractivity (Wildman–Crippen MR) is 78.6 cm³/mol. The van der Waals surface area contributed by atoms with Crippen molar-refractivity contribution >= 4 is 17.4 Å². The van der Waals surface area contributed by atoms with Crippen molar-refractivity contribution in [2.45, 2.75) is 17.9 Å². The van der Waals surface area contributed by atoms with Gasteiger partial charge < -0.3 is 15.4 Å². The van der Waals surface area contributed by atoms with Crippen LogP contribution in [0.5, 0.6) is 0 Å². The molecular formula is C14H19N3OS. The van der Waals surface area contributed by atoms with Gasteiger partial charge in [-0.25, -0.2) is 0 Å². The molecule has 1 aliphatic heterocycles. The molecule has 1 saturated heterocycles. The molecular weight excluding hydrogens is 258 g/mol. The van der Waals surface area contributed by atoms with E-state index in [1.165, 1.54) is 0 Å². The zero-order valence-electron chi connectivity index (χ0n) is 11.1. The molecule has 19 heavy (non-hydrogen) atoms. The lowest BCUT2D eigenvalue weighted by Gasteiger charge is -2.34. The Morgan fingerprint density at radius 2 is 2.42 bits per heavy atom. The van der Waals surface area contributed by atoms with E-state index < -0.39 is 0 Å². The van der Waals surface area contributed by atoms with Crippen LogP contribution < -0.4 is 10.6 Å². The molecule has 0 radical (unpaired) electrons. The van der Waals surface area contributed by atoms with E-state index in [4.69, 9.17) is 10.5 Å². The lowest BCUT2D eigenvalue weighted by molar-refractivity contribution is 0.0465. The maximum absolute atomic E-state index is 9.43. The smallest absolute Gasteiger partial charge is 0.103 e. The lowest BCUT2D eigenvalue weighted by Crippen LogP contribution is -2.46. The topological polar surface area (TPSA) is 62.3 Å².